The van der Waals surface area contributed by atoms with Crippen molar-refractivity contribution >= 4 is 32.1 Å². The molecule has 0 aliphatic heterocycles. The van der Waals surface area contributed by atoms with Gasteiger partial charge in [0.2, 0.25) is 0 Å². The van der Waals surface area contributed by atoms with Gasteiger partial charge in [-0.2, -0.15) is 4.31 Å². The van der Waals surface area contributed by atoms with E-state index in [9.17, 15) is 8.42 Å². The van der Waals surface area contributed by atoms with Crippen LogP contribution in [0.1, 0.15) is 13.3 Å². The molecule has 0 radical (unpaired) electrons. The van der Waals surface area contributed by atoms with Gasteiger partial charge in [-0.3, -0.25) is 4.40 Å². The van der Waals surface area contributed by atoms with Crippen molar-refractivity contribution in [1.82, 2.24) is 18.6 Å². The third-order valence-electron chi connectivity index (χ3n) is 3.10. The zero-order chi connectivity index (χ0) is 15.6. The zero-order valence-corrected chi connectivity index (χ0v) is 14.1. The molecule has 0 aliphatic rings. The first-order valence-corrected chi connectivity index (χ1v) is 9.05. The summed E-state index contributed by atoms with van der Waals surface area (Å²) in [5.74, 6) is 0.0628. The van der Waals surface area contributed by atoms with Crippen LogP contribution in [-0.2, 0) is 10.0 Å². The molecule has 2 N–H and O–H groups in total. The SMILES string of the molecule is CCCN(CCN(C)C)S(=O)(=O)c1c(N)nc2sccn12. The third-order valence-corrected chi connectivity index (χ3v) is 5.79. The average Bonchev–Trinajstić information content (AvgIpc) is 2.92. The summed E-state index contributed by atoms with van der Waals surface area (Å²) in [6.07, 6.45) is 2.43. The lowest BCUT2D eigenvalue weighted by atomic mass is 10.4. The molecule has 0 amide bonds. The topological polar surface area (TPSA) is 83.9 Å². The first-order chi connectivity index (χ1) is 9.87. The highest BCUT2D eigenvalue weighted by Crippen LogP contribution is 2.26. The summed E-state index contributed by atoms with van der Waals surface area (Å²) >= 11 is 1.36. The van der Waals surface area contributed by atoms with E-state index in [-0.39, 0.29) is 10.8 Å². The molecule has 2 aromatic heterocycles. The van der Waals surface area contributed by atoms with Gasteiger partial charge < -0.3 is 10.6 Å². The maximum absolute atomic E-state index is 12.9. The molecule has 21 heavy (non-hydrogen) atoms. The van der Waals surface area contributed by atoms with Crippen LogP contribution < -0.4 is 5.73 Å². The van der Waals surface area contributed by atoms with E-state index in [2.05, 4.69) is 4.98 Å². The summed E-state index contributed by atoms with van der Waals surface area (Å²) < 4.78 is 28.8. The summed E-state index contributed by atoms with van der Waals surface area (Å²) in [6, 6.07) is 0. The molecule has 118 valence electrons. The van der Waals surface area contributed by atoms with Crippen molar-refractivity contribution in [3.8, 4) is 0 Å². The quantitative estimate of drug-likeness (QED) is 0.816. The van der Waals surface area contributed by atoms with Gasteiger partial charge >= 0.3 is 0 Å². The number of thiazole rings is 1. The Hall–Kier alpha value is -1.16. The molecule has 2 aromatic rings. The number of rotatable bonds is 7. The van der Waals surface area contributed by atoms with Gasteiger partial charge in [-0.1, -0.05) is 6.92 Å². The van der Waals surface area contributed by atoms with Crippen molar-refractivity contribution in [1.29, 1.82) is 0 Å². The number of hydrogen-bond donors (Lipinski definition) is 1. The fraction of sp³-hybridized carbons (Fsp3) is 0.583. The van der Waals surface area contributed by atoms with Gasteiger partial charge in [0.05, 0.1) is 0 Å². The van der Waals surface area contributed by atoms with E-state index >= 15 is 0 Å². The van der Waals surface area contributed by atoms with Crippen LogP contribution in [0.15, 0.2) is 16.6 Å². The Balaban J connectivity index is 2.41. The third kappa shape index (κ3) is 3.20. The number of nitrogen functional groups attached to an aromatic ring is 1. The van der Waals surface area contributed by atoms with Crippen LogP contribution in [-0.4, -0.2) is 60.7 Å². The number of imidazole rings is 1. The molecule has 9 heteroatoms. The van der Waals surface area contributed by atoms with Crippen LogP contribution in [0.3, 0.4) is 0 Å². The van der Waals surface area contributed by atoms with Gasteiger partial charge in [0.25, 0.3) is 10.0 Å². The molecule has 7 nitrogen and oxygen atoms in total. The van der Waals surface area contributed by atoms with Gasteiger partial charge in [0, 0.05) is 31.2 Å². The van der Waals surface area contributed by atoms with Crippen LogP contribution >= 0.6 is 11.3 Å². The van der Waals surface area contributed by atoms with Gasteiger partial charge in [0.15, 0.2) is 15.8 Å². The summed E-state index contributed by atoms with van der Waals surface area (Å²) in [5, 5.41) is 1.87. The molecule has 0 bridgehead atoms. The molecular weight excluding hydrogens is 310 g/mol. The van der Waals surface area contributed by atoms with Crippen molar-refractivity contribution < 1.29 is 8.42 Å². The molecule has 0 saturated carbocycles. The lowest BCUT2D eigenvalue weighted by molar-refractivity contribution is 0.332. The molecule has 2 heterocycles. The van der Waals surface area contributed by atoms with Crippen LogP contribution in [0.25, 0.3) is 4.96 Å². The average molecular weight is 331 g/mol. The number of sulfonamides is 1. The molecule has 0 atom stereocenters. The van der Waals surface area contributed by atoms with Crippen LogP contribution in [0.2, 0.25) is 0 Å². The summed E-state index contributed by atoms with van der Waals surface area (Å²) in [4.78, 5) is 6.67. The minimum atomic E-state index is -3.65. The molecule has 0 saturated heterocycles. The minimum Gasteiger partial charge on any atom is -0.381 e. The molecule has 0 aromatic carbocycles. The van der Waals surface area contributed by atoms with E-state index in [1.807, 2.05) is 25.9 Å². The smallest absolute Gasteiger partial charge is 0.262 e. The number of anilines is 1. The fourth-order valence-electron chi connectivity index (χ4n) is 2.07. The monoisotopic (exact) mass is 331 g/mol. The highest BCUT2D eigenvalue weighted by molar-refractivity contribution is 7.89. The number of likely N-dealkylation sites (N-methyl/N-ethyl adjacent to an activating group) is 1. The highest BCUT2D eigenvalue weighted by Gasteiger charge is 2.30. The summed E-state index contributed by atoms with van der Waals surface area (Å²) in [6.45, 7) is 3.51. The highest BCUT2D eigenvalue weighted by atomic mass is 32.2. The summed E-state index contributed by atoms with van der Waals surface area (Å²) in [7, 11) is 0.181. The van der Waals surface area contributed by atoms with Crippen molar-refractivity contribution in [2.24, 2.45) is 0 Å². The van der Waals surface area contributed by atoms with Gasteiger partial charge in [-0.25, -0.2) is 13.4 Å². The van der Waals surface area contributed by atoms with E-state index in [0.717, 1.165) is 6.42 Å². The predicted octanol–water partition coefficient (Wildman–Crippen LogP) is 0.940. The van der Waals surface area contributed by atoms with E-state index in [1.54, 1.807) is 16.0 Å². The van der Waals surface area contributed by atoms with Crippen LogP contribution in [0.4, 0.5) is 5.82 Å². The minimum absolute atomic E-state index is 0.0628. The normalized spacial score (nSPS) is 12.8. The second-order valence-electron chi connectivity index (χ2n) is 5.07. The fourth-order valence-corrected chi connectivity index (χ4v) is 4.55. The Morgan fingerprint density at radius 2 is 2.05 bits per heavy atom. The van der Waals surface area contributed by atoms with E-state index in [0.29, 0.717) is 24.6 Å². The van der Waals surface area contributed by atoms with Crippen molar-refractivity contribution in [3.05, 3.63) is 11.6 Å². The molecule has 0 spiro atoms. The van der Waals surface area contributed by atoms with E-state index in [4.69, 9.17) is 5.73 Å². The van der Waals surface area contributed by atoms with Gasteiger partial charge in [0.1, 0.15) is 0 Å². The Labute approximate surface area is 129 Å². The molecule has 0 aliphatic carbocycles. The van der Waals surface area contributed by atoms with Crippen molar-refractivity contribution in [2.45, 2.75) is 18.4 Å². The first kappa shape index (κ1) is 16.2. The lowest BCUT2D eigenvalue weighted by Crippen LogP contribution is -2.38. The van der Waals surface area contributed by atoms with Gasteiger partial charge in [-0.05, 0) is 20.5 Å². The van der Waals surface area contributed by atoms with Crippen molar-refractivity contribution in [2.75, 3.05) is 39.5 Å². The summed E-state index contributed by atoms with van der Waals surface area (Å²) in [5.41, 5.74) is 5.83. The Kier molecular flexibility index (Phi) is 4.87. The number of fused-ring (bicyclic) bond motifs is 1. The largest absolute Gasteiger partial charge is 0.381 e. The first-order valence-electron chi connectivity index (χ1n) is 6.73. The molecule has 2 rings (SSSR count). The lowest BCUT2D eigenvalue weighted by Gasteiger charge is -2.23. The molecular formula is C12H21N5O2S2. The number of nitrogens with two attached hydrogens (primary N) is 1. The maximum Gasteiger partial charge on any atom is 0.262 e. The number of hydrogen-bond acceptors (Lipinski definition) is 6. The van der Waals surface area contributed by atoms with Gasteiger partial charge in [-0.15, -0.1) is 11.3 Å². The van der Waals surface area contributed by atoms with Crippen LogP contribution in [0.5, 0.6) is 0 Å². The Morgan fingerprint density at radius 3 is 2.67 bits per heavy atom. The molecule has 0 unspecified atom stereocenters. The van der Waals surface area contributed by atoms with Crippen molar-refractivity contribution in [3.63, 3.8) is 0 Å². The van der Waals surface area contributed by atoms with E-state index < -0.39 is 10.0 Å². The predicted molar refractivity (Wildman–Crippen MR) is 85.1 cm³/mol. The number of nitrogens with zero attached hydrogens (tertiary/aromatic N) is 4. The zero-order valence-electron chi connectivity index (χ0n) is 12.5. The Bertz CT molecular complexity index is 704. The number of aromatic nitrogens is 2. The standard InChI is InChI=1S/C12H21N5O2S2/c1-4-5-16(7-6-15(2)3)21(18,19)11-10(13)14-12-17(11)8-9-20-12/h8-9H,4-7,13H2,1-3H3. The Morgan fingerprint density at radius 1 is 1.33 bits per heavy atom. The van der Waals surface area contributed by atoms with Crippen LogP contribution in [0, 0.1) is 0 Å². The maximum atomic E-state index is 12.9. The van der Waals surface area contributed by atoms with E-state index in [1.165, 1.54) is 15.6 Å². The molecule has 0 fully saturated rings. The second-order valence-corrected chi connectivity index (χ2v) is 7.79. The second kappa shape index (κ2) is 6.30.